The summed E-state index contributed by atoms with van der Waals surface area (Å²) in [5, 5.41) is 0. The number of methoxy groups -OCH3 is 1. The van der Waals surface area contributed by atoms with Crippen LogP contribution in [0.3, 0.4) is 0 Å². The Morgan fingerprint density at radius 1 is 1.21 bits per heavy atom. The van der Waals surface area contributed by atoms with Crippen LogP contribution in [0.15, 0.2) is 24.3 Å². The van der Waals surface area contributed by atoms with Gasteiger partial charge in [-0.25, -0.2) is 0 Å². The van der Waals surface area contributed by atoms with E-state index in [0.717, 1.165) is 81.2 Å². The third-order valence-electron chi connectivity index (χ3n) is 5.70. The second-order valence-corrected chi connectivity index (χ2v) is 7.56. The fourth-order valence-electron chi connectivity index (χ4n) is 4.32. The molecule has 6 nitrogen and oxygen atoms in total. The molecule has 0 bridgehead atoms. The molecule has 1 aromatic heterocycles. The molecule has 1 aromatic carbocycles. The van der Waals surface area contributed by atoms with Gasteiger partial charge in [-0.2, -0.15) is 0 Å². The highest BCUT2D eigenvalue weighted by atomic mass is 16.5. The topological polar surface area (TPSA) is 69.7 Å². The number of carbonyl (C=O) groups excluding carboxylic acids is 1. The van der Waals surface area contributed by atoms with Crippen LogP contribution < -0.4 is 10.5 Å². The number of benzene rings is 1. The molecular formula is C23H33N3O3. The second kappa shape index (κ2) is 9.94. The van der Waals surface area contributed by atoms with Gasteiger partial charge in [0.2, 0.25) is 0 Å². The van der Waals surface area contributed by atoms with E-state index in [1.54, 1.807) is 7.11 Å². The van der Waals surface area contributed by atoms with Crippen molar-refractivity contribution in [3.63, 3.8) is 0 Å². The van der Waals surface area contributed by atoms with Gasteiger partial charge in [0.05, 0.1) is 25.9 Å². The first-order valence-electron chi connectivity index (χ1n) is 10.5. The summed E-state index contributed by atoms with van der Waals surface area (Å²) in [4.78, 5) is 14.9. The first kappa shape index (κ1) is 21.4. The van der Waals surface area contributed by atoms with E-state index in [0.29, 0.717) is 5.56 Å². The maximum Gasteiger partial charge on any atom is 0.251 e. The number of hydrogen-bond donors (Lipinski definition) is 1. The molecule has 2 heterocycles. The molecule has 2 N–H and O–H groups in total. The van der Waals surface area contributed by atoms with Crippen LogP contribution in [-0.2, 0) is 17.7 Å². The number of amides is 1. The van der Waals surface area contributed by atoms with Gasteiger partial charge < -0.3 is 19.8 Å². The van der Waals surface area contributed by atoms with Crippen molar-refractivity contribution < 1.29 is 14.3 Å². The molecule has 1 aliphatic rings. The van der Waals surface area contributed by atoms with E-state index >= 15 is 0 Å². The molecule has 0 spiro atoms. The van der Waals surface area contributed by atoms with Gasteiger partial charge in [0.25, 0.3) is 5.91 Å². The lowest BCUT2D eigenvalue weighted by molar-refractivity contribution is 0.0369. The summed E-state index contributed by atoms with van der Waals surface area (Å²) in [5.74, 6) is 0.380. The summed E-state index contributed by atoms with van der Waals surface area (Å²) in [6.07, 6.45) is 2.90. The SMILES string of the molecule is CCCc1c(-c2ccccc2OC)c(C(N)=O)c(C)n1CCCN1CCOCC1. The van der Waals surface area contributed by atoms with Crippen LogP contribution in [0, 0.1) is 6.92 Å². The van der Waals surface area contributed by atoms with Crippen molar-refractivity contribution in [2.75, 3.05) is 40.0 Å². The van der Waals surface area contributed by atoms with Crippen molar-refractivity contribution in [1.82, 2.24) is 9.47 Å². The molecule has 1 saturated heterocycles. The van der Waals surface area contributed by atoms with Crippen LogP contribution in [0.25, 0.3) is 11.1 Å². The molecule has 0 radical (unpaired) electrons. The van der Waals surface area contributed by atoms with Crippen molar-refractivity contribution in [2.45, 2.75) is 39.7 Å². The van der Waals surface area contributed by atoms with Crippen molar-refractivity contribution in [3.8, 4) is 16.9 Å². The number of nitrogens with zero attached hydrogens (tertiary/aromatic N) is 2. The quantitative estimate of drug-likeness (QED) is 0.703. The van der Waals surface area contributed by atoms with Gasteiger partial charge in [-0.05, 0) is 25.8 Å². The number of rotatable bonds is 9. The van der Waals surface area contributed by atoms with E-state index in [4.69, 9.17) is 15.2 Å². The Balaban J connectivity index is 1.98. The maximum absolute atomic E-state index is 12.5. The fourth-order valence-corrected chi connectivity index (χ4v) is 4.32. The van der Waals surface area contributed by atoms with E-state index in [1.807, 2.05) is 31.2 Å². The van der Waals surface area contributed by atoms with Crippen molar-refractivity contribution in [2.24, 2.45) is 5.73 Å². The predicted octanol–water partition coefficient (Wildman–Crippen LogP) is 3.25. The van der Waals surface area contributed by atoms with E-state index in [-0.39, 0.29) is 5.91 Å². The van der Waals surface area contributed by atoms with Crippen LogP contribution in [0.5, 0.6) is 5.75 Å². The summed E-state index contributed by atoms with van der Waals surface area (Å²) in [6.45, 7) is 9.68. The van der Waals surface area contributed by atoms with Crippen LogP contribution in [0.4, 0.5) is 0 Å². The highest BCUT2D eigenvalue weighted by molar-refractivity contribution is 6.03. The zero-order valence-electron chi connectivity index (χ0n) is 17.9. The Kier molecular flexibility index (Phi) is 7.34. The average molecular weight is 400 g/mol. The van der Waals surface area contributed by atoms with Gasteiger partial charge in [0, 0.05) is 48.7 Å². The smallest absolute Gasteiger partial charge is 0.251 e. The van der Waals surface area contributed by atoms with E-state index in [9.17, 15) is 4.79 Å². The van der Waals surface area contributed by atoms with Crippen molar-refractivity contribution >= 4 is 5.91 Å². The number of primary amides is 1. The summed E-state index contributed by atoms with van der Waals surface area (Å²) in [7, 11) is 1.66. The molecule has 0 aliphatic carbocycles. The molecule has 0 atom stereocenters. The second-order valence-electron chi connectivity index (χ2n) is 7.56. The summed E-state index contributed by atoms with van der Waals surface area (Å²) in [6, 6.07) is 7.86. The molecule has 3 rings (SSSR count). The molecule has 29 heavy (non-hydrogen) atoms. The molecule has 1 amide bonds. The molecule has 0 unspecified atom stereocenters. The first-order valence-corrected chi connectivity index (χ1v) is 10.5. The average Bonchev–Trinajstić information content (AvgIpc) is 3.01. The number of aromatic nitrogens is 1. The maximum atomic E-state index is 12.5. The minimum Gasteiger partial charge on any atom is -0.496 e. The molecule has 0 saturated carbocycles. The number of hydrogen-bond acceptors (Lipinski definition) is 4. The highest BCUT2D eigenvalue weighted by Crippen LogP contribution is 2.38. The molecule has 1 fully saturated rings. The third kappa shape index (κ3) is 4.65. The van der Waals surface area contributed by atoms with Crippen LogP contribution in [0.1, 0.15) is 41.5 Å². The number of nitrogens with two attached hydrogens (primary N) is 1. The number of para-hydroxylation sites is 1. The lowest BCUT2D eigenvalue weighted by Crippen LogP contribution is -2.37. The van der Waals surface area contributed by atoms with Crippen molar-refractivity contribution in [1.29, 1.82) is 0 Å². The van der Waals surface area contributed by atoms with Gasteiger partial charge in [-0.1, -0.05) is 31.5 Å². The summed E-state index contributed by atoms with van der Waals surface area (Å²) >= 11 is 0. The lowest BCUT2D eigenvalue weighted by atomic mass is 9.97. The first-order chi connectivity index (χ1) is 14.1. The Morgan fingerprint density at radius 3 is 2.59 bits per heavy atom. The predicted molar refractivity (Wildman–Crippen MR) is 116 cm³/mol. The Morgan fingerprint density at radius 2 is 1.93 bits per heavy atom. The summed E-state index contributed by atoms with van der Waals surface area (Å²) < 4.78 is 13.3. The molecule has 2 aromatic rings. The molecule has 158 valence electrons. The van der Waals surface area contributed by atoms with E-state index in [2.05, 4.69) is 16.4 Å². The third-order valence-corrected chi connectivity index (χ3v) is 5.70. The number of carbonyl (C=O) groups is 1. The number of ether oxygens (including phenoxy) is 2. The fraction of sp³-hybridized carbons (Fsp3) is 0.522. The zero-order valence-corrected chi connectivity index (χ0v) is 17.9. The van der Waals surface area contributed by atoms with Gasteiger partial charge in [0.1, 0.15) is 5.75 Å². The van der Waals surface area contributed by atoms with Gasteiger partial charge in [-0.15, -0.1) is 0 Å². The van der Waals surface area contributed by atoms with Crippen molar-refractivity contribution in [3.05, 3.63) is 41.2 Å². The largest absolute Gasteiger partial charge is 0.496 e. The molecule has 6 heteroatoms. The standard InChI is InChI=1S/C23H33N3O3/c1-4-8-19-22(18-9-5-6-10-20(18)28-3)21(23(24)27)17(2)26(19)12-7-11-25-13-15-29-16-14-25/h5-6,9-10H,4,7-8,11-16H2,1-3H3,(H2,24,27). The monoisotopic (exact) mass is 399 g/mol. The Labute approximate surface area is 173 Å². The summed E-state index contributed by atoms with van der Waals surface area (Å²) in [5.41, 5.74) is 10.5. The minimum absolute atomic E-state index is 0.382. The minimum atomic E-state index is -0.382. The van der Waals surface area contributed by atoms with Gasteiger partial charge in [0.15, 0.2) is 0 Å². The Hall–Kier alpha value is -2.31. The molecule has 1 aliphatic heterocycles. The zero-order chi connectivity index (χ0) is 20.8. The highest BCUT2D eigenvalue weighted by Gasteiger charge is 2.26. The van der Waals surface area contributed by atoms with Crippen LogP contribution in [0.2, 0.25) is 0 Å². The Bertz CT molecular complexity index is 838. The van der Waals surface area contributed by atoms with E-state index in [1.165, 1.54) is 5.69 Å². The van der Waals surface area contributed by atoms with Crippen LogP contribution in [-0.4, -0.2) is 55.3 Å². The lowest BCUT2D eigenvalue weighted by Gasteiger charge is -2.26. The van der Waals surface area contributed by atoms with E-state index < -0.39 is 0 Å². The van der Waals surface area contributed by atoms with Gasteiger partial charge in [-0.3, -0.25) is 9.69 Å². The molecular weight excluding hydrogens is 366 g/mol. The van der Waals surface area contributed by atoms with Crippen LogP contribution >= 0.6 is 0 Å². The van der Waals surface area contributed by atoms with Gasteiger partial charge >= 0.3 is 0 Å². The normalized spacial score (nSPS) is 14.9. The number of morpholine rings is 1.